The molecule has 3 nitrogen and oxygen atoms in total. The maximum Gasteiger partial charge on any atom is 0.262 e. The molecule has 0 atom stereocenters. The van der Waals surface area contributed by atoms with E-state index in [2.05, 4.69) is 21.2 Å². The van der Waals surface area contributed by atoms with E-state index in [4.69, 9.17) is 4.74 Å². The predicted octanol–water partition coefficient (Wildman–Crippen LogP) is 3.45. The fourth-order valence-corrected chi connectivity index (χ4v) is 2.53. The fraction of sp³-hybridized carbons (Fsp3) is 0.0714. The highest BCUT2D eigenvalue weighted by molar-refractivity contribution is 9.10. The van der Waals surface area contributed by atoms with E-state index in [9.17, 15) is 4.79 Å². The average molecular weight is 304 g/mol. The van der Waals surface area contributed by atoms with Crippen molar-refractivity contribution in [2.24, 2.45) is 0 Å². The smallest absolute Gasteiger partial charge is 0.262 e. The highest BCUT2D eigenvalue weighted by Gasteiger charge is 2.19. The van der Waals surface area contributed by atoms with Crippen molar-refractivity contribution < 1.29 is 9.53 Å². The number of hydrogen-bond acceptors (Lipinski definition) is 2. The van der Waals surface area contributed by atoms with Crippen molar-refractivity contribution in [2.75, 3.05) is 11.9 Å². The number of anilines is 1. The number of carbonyl (C=O) groups is 1. The molecule has 0 aromatic heterocycles. The van der Waals surface area contributed by atoms with E-state index in [0.717, 1.165) is 15.6 Å². The van der Waals surface area contributed by atoms with Gasteiger partial charge in [-0.1, -0.05) is 30.3 Å². The van der Waals surface area contributed by atoms with Crippen LogP contribution < -0.4 is 10.1 Å². The van der Waals surface area contributed by atoms with Crippen LogP contribution in [0.2, 0.25) is 0 Å². The lowest BCUT2D eigenvalue weighted by molar-refractivity contribution is -0.118. The van der Waals surface area contributed by atoms with E-state index in [1.54, 1.807) is 0 Å². The van der Waals surface area contributed by atoms with Crippen LogP contribution in [0.25, 0.3) is 11.1 Å². The van der Waals surface area contributed by atoms with E-state index in [1.165, 1.54) is 0 Å². The molecule has 0 unspecified atom stereocenters. The first-order valence-corrected chi connectivity index (χ1v) is 6.35. The van der Waals surface area contributed by atoms with Gasteiger partial charge in [-0.2, -0.15) is 0 Å². The van der Waals surface area contributed by atoms with Crippen LogP contribution in [0.15, 0.2) is 46.9 Å². The van der Waals surface area contributed by atoms with Crippen LogP contribution in [0, 0.1) is 0 Å². The van der Waals surface area contributed by atoms with Crippen LogP contribution in [0.5, 0.6) is 5.75 Å². The van der Waals surface area contributed by atoms with Crippen molar-refractivity contribution in [2.45, 2.75) is 0 Å². The molecule has 0 aliphatic carbocycles. The summed E-state index contributed by atoms with van der Waals surface area (Å²) in [5, 5.41) is 2.82. The molecule has 1 amide bonds. The van der Waals surface area contributed by atoms with Gasteiger partial charge in [-0.15, -0.1) is 0 Å². The molecule has 0 fully saturated rings. The third kappa shape index (κ3) is 1.99. The van der Waals surface area contributed by atoms with Crippen molar-refractivity contribution in [3.05, 3.63) is 46.9 Å². The van der Waals surface area contributed by atoms with Gasteiger partial charge in [0.1, 0.15) is 0 Å². The third-order valence-electron chi connectivity index (χ3n) is 2.77. The summed E-state index contributed by atoms with van der Waals surface area (Å²) >= 11 is 3.47. The molecule has 0 radical (unpaired) electrons. The quantitative estimate of drug-likeness (QED) is 0.876. The van der Waals surface area contributed by atoms with Crippen molar-refractivity contribution in [1.82, 2.24) is 0 Å². The Hall–Kier alpha value is -1.81. The number of carbonyl (C=O) groups excluding carboxylic acids is 1. The zero-order valence-corrected chi connectivity index (χ0v) is 11.0. The van der Waals surface area contributed by atoms with Crippen LogP contribution in [0.1, 0.15) is 0 Å². The molecule has 0 spiro atoms. The van der Waals surface area contributed by atoms with E-state index >= 15 is 0 Å². The summed E-state index contributed by atoms with van der Waals surface area (Å²) in [6.07, 6.45) is 0. The first kappa shape index (κ1) is 11.3. The van der Waals surface area contributed by atoms with Gasteiger partial charge in [-0.3, -0.25) is 4.79 Å². The predicted molar refractivity (Wildman–Crippen MR) is 73.7 cm³/mol. The van der Waals surface area contributed by atoms with Crippen LogP contribution in [0.4, 0.5) is 5.69 Å². The fourth-order valence-electron chi connectivity index (χ4n) is 1.95. The second-order valence-corrected chi connectivity index (χ2v) is 4.89. The Bertz CT molecular complexity index is 611. The lowest BCUT2D eigenvalue weighted by atomic mass is 10.0. The Morgan fingerprint density at radius 2 is 1.89 bits per heavy atom. The van der Waals surface area contributed by atoms with Gasteiger partial charge in [0.2, 0.25) is 0 Å². The van der Waals surface area contributed by atoms with Gasteiger partial charge in [0.15, 0.2) is 12.4 Å². The Morgan fingerprint density at radius 3 is 2.67 bits per heavy atom. The van der Waals surface area contributed by atoms with Crippen molar-refractivity contribution in [1.29, 1.82) is 0 Å². The zero-order chi connectivity index (χ0) is 12.5. The monoisotopic (exact) mass is 303 g/mol. The van der Waals surface area contributed by atoms with Crippen LogP contribution in [-0.2, 0) is 4.79 Å². The molecule has 18 heavy (non-hydrogen) atoms. The van der Waals surface area contributed by atoms with Crippen LogP contribution >= 0.6 is 15.9 Å². The number of nitrogens with one attached hydrogen (secondary N) is 1. The Balaban J connectivity index is 2.11. The number of fused-ring (bicyclic) bond motifs is 1. The van der Waals surface area contributed by atoms with E-state index in [0.29, 0.717) is 11.4 Å². The highest BCUT2D eigenvalue weighted by Crippen LogP contribution is 2.39. The second-order valence-electron chi connectivity index (χ2n) is 4.04. The Morgan fingerprint density at radius 1 is 1.11 bits per heavy atom. The summed E-state index contributed by atoms with van der Waals surface area (Å²) in [6, 6.07) is 13.9. The van der Waals surface area contributed by atoms with Gasteiger partial charge in [-0.25, -0.2) is 0 Å². The van der Waals surface area contributed by atoms with E-state index < -0.39 is 0 Å². The molecule has 4 heteroatoms. The normalized spacial score (nSPS) is 13.5. The lowest BCUT2D eigenvalue weighted by Gasteiger charge is -2.20. The average Bonchev–Trinajstić information content (AvgIpc) is 2.39. The SMILES string of the molecule is O=C1COc2c(Br)cc(-c3ccccc3)cc2N1. The molecule has 0 bridgehead atoms. The van der Waals surface area contributed by atoms with Crippen molar-refractivity contribution in [3.8, 4) is 16.9 Å². The summed E-state index contributed by atoms with van der Waals surface area (Å²) in [4.78, 5) is 11.3. The highest BCUT2D eigenvalue weighted by atomic mass is 79.9. The molecule has 1 N–H and O–H groups in total. The molecular weight excluding hydrogens is 294 g/mol. The molecule has 1 heterocycles. The first-order valence-electron chi connectivity index (χ1n) is 5.55. The van der Waals surface area contributed by atoms with Gasteiger partial charge < -0.3 is 10.1 Å². The summed E-state index contributed by atoms with van der Waals surface area (Å²) in [5.41, 5.74) is 2.84. The van der Waals surface area contributed by atoms with Gasteiger partial charge in [0, 0.05) is 0 Å². The topological polar surface area (TPSA) is 38.3 Å². The molecule has 1 aliphatic rings. The molecule has 2 aromatic rings. The number of halogens is 1. The summed E-state index contributed by atoms with van der Waals surface area (Å²) in [5.74, 6) is 0.564. The zero-order valence-electron chi connectivity index (χ0n) is 9.44. The Labute approximate surface area is 113 Å². The number of amides is 1. The van der Waals surface area contributed by atoms with Crippen molar-refractivity contribution >= 4 is 27.5 Å². The minimum atomic E-state index is -0.125. The summed E-state index contributed by atoms with van der Waals surface area (Å²) in [7, 11) is 0. The first-order chi connectivity index (χ1) is 8.74. The van der Waals surface area contributed by atoms with Crippen molar-refractivity contribution in [3.63, 3.8) is 0 Å². The number of benzene rings is 2. The molecule has 90 valence electrons. The minimum absolute atomic E-state index is 0.0658. The van der Waals surface area contributed by atoms with Gasteiger partial charge in [0.05, 0.1) is 10.2 Å². The largest absolute Gasteiger partial charge is 0.480 e. The van der Waals surface area contributed by atoms with E-state index in [1.807, 2.05) is 42.5 Å². The van der Waals surface area contributed by atoms with Crippen LogP contribution in [0.3, 0.4) is 0 Å². The molecule has 3 rings (SSSR count). The molecular formula is C14H10BrNO2. The number of rotatable bonds is 1. The van der Waals surface area contributed by atoms with Gasteiger partial charge in [-0.05, 0) is 39.2 Å². The standard InChI is InChI=1S/C14H10BrNO2/c15-11-6-10(9-4-2-1-3-5-9)7-12-14(11)18-8-13(17)16-12/h1-7H,8H2,(H,16,17). The number of ether oxygens (including phenoxy) is 1. The molecule has 1 aliphatic heterocycles. The maximum atomic E-state index is 11.3. The number of hydrogen-bond donors (Lipinski definition) is 1. The maximum absolute atomic E-state index is 11.3. The van der Waals surface area contributed by atoms with Gasteiger partial charge in [0.25, 0.3) is 5.91 Å². The molecule has 0 saturated carbocycles. The second kappa shape index (κ2) is 4.46. The lowest BCUT2D eigenvalue weighted by Crippen LogP contribution is -2.25. The third-order valence-corrected chi connectivity index (χ3v) is 3.36. The minimum Gasteiger partial charge on any atom is -0.480 e. The molecule has 2 aromatic carbocycles. The molecule has 0 saturated heterocycles. The van der Waals surface area contributed by atoms with E-state index in [-0.39, 0.29) is 12.5 Å². The van der Waals surface area contributed by atoms with Gasteiger partial charge >= 0.3 is 0 Å². The Kier molecular flexibility index (Phi) is 2.80. The summed E-state index contributed by atoms with van der Waals surface area (Å²) in [6.45, 7) is 0.0658. The summed E-state index contributed by atoms with van der Waals surface area (Å²) < 4.78 is 6.24. The van der Waals surface area contributed by atoms with Crippen LogP contribution in [-0.4, -0.2) is 12.5 Å².